The molecule has 4 rings (SSSR count). The standard InChI is InChI=1S/C25H21NO4S/c27-25(28)22-13-5-2-9-19(22)16-17-20-10-3-6-14-23(20)26-31(29,30)24-15-7-11-18-8-1-4-12-21(18)24/h1-15,26H,16-17H2,(H,27,28). The summed E-state index contributed by atoms with van der Waals surface area (Å²) in [5.41, 5.74) is 2.26. The molecular weight excluding hydrogens is 410 g/mol. The maximum absolute atomic E-state index is 13.2. The number of hydrogen-bond acceptors (Lipinski definition) is 3. The largest absolute Gasteiger partial charge is 0.478 e. The Hall–Kier alpha value is -3.64. The topological polar surface area (TPSA) is 83.5 Å². The summed E-state index contributed by atoms with van der Waals surface area (Å²) in [7, 11) is -3.81. The number of aryl methyl sites for hydroxylation is 2. The van der Waals surface area contributed by atoms with E-state index in [-0.39, 0.29) is 10.5 Å². The highest BCUT2D eigenvalue weighted by Crippen LogP contribution is 2.27. The highest BCUT2D eigenvalue weighted by Gasteiger charge is 2.19. The molecule has 5 nitrogen and oxygen atoms in total. The third-order valence-corrected chi connectivity index (χ3v) is 6.64. The van der Waals surface area contributed by atoms with Crippen LogP contribution in [0.3, 0.4) is 0 Å². The third kappa shape index (κ3) is 4.44. The van der Waals surface area contributed by atoms with Crippen LogP contribution in [0.5, 0.6) is 0 Å². The molecule has 0 fully saturated rings. The first-order chi connectivity index (χ1) is 15.0. The molecule has 0 radical (unpaired) electrons. The van der Waals surface area contributed by atoms with Crippen LogP contribution in [0.1, 0.15) is 21.5 Å². The summed E-state index contributed by atoms with van der Waals surface area (Å²) in [6.45, 7) is 0. The van der Waals surface area contributed by atoms with Crippen LogP contribution in [-0.4, -0.2) is 19.5 Å². The molecule has 31 heavy (non-hydrogen) atoms. The van der Waals surface area contributed by atoms with Gasteiger partial charge in [-0.3, -0.25) is 4.72 Å². The van der Waals surface area contributed by atoms with Gasteiger partial charge in [0.15, 0.2) is 0 Å². The molecular formula is C25H21NO4S. The minimum absolute atomic E-state index is 0.219. The highest BCUT2D eigenvalue weighted by atomic mass is 32.2. The molecule has 156 valence electrons. The Morgan fingerprint density at radius 1 is 0.742 bits per heavy atom. The molecule has 4 aromatic rings. The van der Waals surface area contributed by atoms with Crippen molar-refractivity contribution < 1.29 is 18.3 Å². The van der Waals surface area contributed by atoms with Crippen LogP contribution in [0.2, 0.25) is 0 Å². The van der Waals surface area contributed by atoms with Crippen LogP contribution in [0.25, 0.3) is 10.8 Å². The Morgan fingerprint density at radius 2 is 1.35 bits per heavy atom. The minimum atomic E-state index is -3.81. The van der Waals surface area contributed by atoms with Crippen molar-refractivity contribution >= 4 is 32.5 Å². The zero-order valence-corrected chi connectivity index (χ0v) is 17.5. The molecule has 2 N–H and O–H groups in total. The number of anilines is 1. The summed E-state index contributed by atoms with van der Waals surface area (Å²) >= 11 is 0. The smallest absolute Gasteiger partial charge is 0.335 e. The average Bonchev–Trinajstić information content (AvgIpc) is 2.78. The van der Waals surface area contributed by atoms with Gasteiger partial charge in [-0.15, -0.1) is 0 Å². The zero-order chi connectivity index (χ0) is 21.8. The van der Waals surface area contributed by atoms with Crippen molar-refractivity contribution in [1.82, 2.24) is 0 Å². The third-order valence-electron chi connectivity index (χ3n) is 5.21. The fourth-order valence-corrected chi connectivity index (χ4v) is 5.02. The molecule has 4 aromatic carbocycles. The summed E-state index contributed by atoms with van der Waals surface area (Å²) in [5.74, 6) is -0.972. The molecule has 0 atom stereocenters. The molecule has 0 unspecified atom stereocenters. The molecule has 0 aliphatic carbocycles. The molecule has 0 amide bonds. The summed E-state index contributed by atoms with van der Waals surface area (Å²) in [6, 6.07) is 26.6. The van der Waals surface area contributed by atoms with Crippen LogP contribution >= 0.6 is 0 Å². The Morgan fingerprint density at radius 3 is 2.16 bits per heavy atom. The number of carboxylic acid groups (broad SMARTS) is 1. The number of hydrogen-bond donors (Lipinski definition) is 2. The highest BCUT2D eigenvalue weighted by molar-refractivity contribution is 7.93. The molecule has 0 spiro atoms. The number of benzene rings is 4. The van der Waals surface area contributed by atoms with Crippen LogP contribution in [0.15, 0.2) is 95.9 Å². The van der Waals surface area contributed by atoms with Gasteiger partial charge in [-0.1, -0.05) is 72.8 Å². The van der Waals surface area contributed by atoms with Gasteiger partial charge in [-0.25, -0.2) is 13.2 Å². The number of carbonyl (C=O) groups is 1. The van der Waals surface area contributed by atoms with Gasteiger partial charge in [-0.2, -0.15) is 0 Å². The van der Waals surface area contributed by atoms with E-state index in [1.165, 1.54) is 0 Å². The predicted molar refractivity (Wildman–Crippen MR) is 122 cm³/mol. The summed E-state index contributed by atoms with van der Waals surface area (Å²) in [4.78, 5) is 11.7. The molecule has 0 saturated heterocycles. The fraction of sp³-hybridized carbons (Fsp3) is 0.0800. The van der Waals surface area contributed by atoms with Crippen LogP contribution in [-0.2, 0) is 22.9 Å². The van der Waals surface area contributed by atoms with Gasteiger partial charge in [0, 0.05) is 5.39 Å². The van der Waals surface area contributed by atoms with E-state index in [1.807, 2.05) is 36.4 Å². The van der Waals surface area contributed by atoms with E-state index in [4.69, 9.17) is 0 Å². The first-order valence-electron chi connectivity index (χ1n) is 9.85. The van der Waals surface area contributed by atoms with Crippen molar-refractivity contribution in [2.24, 2.45) is 0 Å². The monoisotopic (exact) mass is 431 g/mol. The number of aromatic carboxylic acids is 1. The number of fused-ring (bicyclic) bond motifs is 1. The summed E-state index contributed by atoms with van der Waals surface area (Å²) in [6.07, 6.45) is 0.980. The molecule has 6 heteroatoms. The Labute approximate surface area is 181 Å². The van der Waals surface area contributed by atoms with Crippen molar-refractivity contribution in [3.8, 4) is 0 Å². The van der Waals surface area contributed by atoms with Crippen LogP contribution < -0.4 is 4.72 Å². The zero-order valence-electron chi connectivity index (χ0n) is 16.7. The average molecular weight is 432 g/mol. The van der Waals surface area contributed by atoms with E-state index in [0.29, 0.717) is 29.5 Å². The first kappa shape index (κ1) is 20.6. The van der Waals surface area contributed by atoms with Gasteiger partial charge in [0.25, 0.3) is 10.0 Å². The molecule has 0 heterocycles. The van der Waals surface area contributed by atoms with E-state index < -0.39 is 16.0 Å². The van der Waals surface area contributed by atoms with Crippen molar-refractivity contribution in [2.75, 3.05) is 4.72 Å². The van der Waals surface area contributed by atoms with Gasteiger partial charge in [0.05, 0.1) is 16.1 Å². The van der Waals surface area contributed by atoms with Gasteiger partial charge < -0.3 is 5.11 Å². The van der Waals surface area contributed by atoms with Crippen LogP contribution in [0, 0.1) is 0 Å². The van der Waals surface area contributed by atoms with Crippen molar-refractivity contribution in [3.63, 3.8) is 0 Å². The summed E-state index contributed by atoms with van der Waals surface area (Å²) in [5, 5.41) is 10.9. The van der Waals surface area contributed by atoms with E-state index in [9.17, 15) is 18.3 Å². The second-order valence-corrected chi connectivity index (χ2v) is 8.85. The lowest BCUT2D eigenvalue weighted by molar-refractivity contribution is 0.0695. The van der Waals surface area contributed by atoms with E-state index in [1.54, 1.807) is 54.6 Å². The fourth-order valence-electron chi connectivity index (χ4n) is 3.68. The normalized spacial score (nSPS) is 11.4. The Balaban J connectivity index is 1.63. The van der Waals surface area contributed by atoms with Crippen molar-refractivity contribution in [2.45, 2.75) is 17.7 Å². The molecule has 0 aromatic heterocycles. The maximum Gasteiger partial charge on any atom is 0.335 e. The molecule has 0 aliphatic heterocycles. The maximum atomic E-state index is 13.2. The lowest BCUT2D eigenvalue weighted by atomic mass is 9.99. The first-order valence-corrected chi connectivity index (χ1v) is 11.3. The van der Waals surface area contributed by atoms with E-state index in [2.05, 4.69) is 4.72 Å². The van der Waals surface area contributed by atoms with E-state index in [0.717, 1.165) is 10.9 Å². The molecule has 0 bridgehead atoms. The lowest BCUT2D eigenvalue weighted by Crippen LogP contribution is -2.15. The van der Waals surface area contributed by atoms with Gasteiger partial charge >= 0.3 is 5.97 Å². The Kier molecular flexibility index (Phi) is 5.73. The lowest BCUT2D eigenvalue weighted by Gasteiger charge is -2.14. The minimum Gasteiger partial charge on any atom is -0.478 e. The van der Waals surface area contributed by atoms with Gasteiger partial charge in [0.2, 0.25) is 0 Å². The predicted octanol–water partition coefficient (Wildman–Crippen LogP) is 5.12. The quantitative estimate of drug-likeness (QED) is 0.425. The number of nitrogens with one attached hydrogen (secondary N) is 1. The van der Waals surface area contributed by atoms with Crippen LogP contribution in [0.4, 0.5) is 5.69 Å². The second kappa shape index (κ2) is 8.62. The van der Waals surface area contributed by atoms with Crippen molar-refractivity contribution in [1.29, 1.82) is 0 Å². The summed E-state index contributed by atoms with van der Waals surface area (Å²) < 4.78 is 29.1. The number of sulfonamides is 1. The number of rotatable bonds is 7. The Bertz CT molecular complexity index is 1360. The van der Waals surface area contributed by atoms with Gasteiger partial charge in [-0.05, 0) is 47.6 Å². The van der Waals surface area contributed by atoms with Gasteiger partial charge in [0.1, 0.15) is 0 Å². The van der Waals surface area contributed by atoms with E-state index >= 15 is 0 Å². The van der Waals surface area contributed by atoms with Crippen molar-refractivity contribution in [3.05, 3.63) is 108 Å². The molecule has 0 aliphatic rings. The number of carboxylic acids is 1. The SMILES string of the molecule is O=C(O)c1ccccc1CCc1ccccc1NS(=O)(=O)c1cccc2ccccc12. The second-order valence-electron chi connectivity index (χ2n) is 7.20. The molecule has 0 saturated carbocycles. The number of para-hydroxylation sites is 1.